The van der Waals surface area contributed by atoms with Crippen LogP contribution in [-0.4, -0.2) is 52.3 Å². The summed E-state index contributed by atoms with van der Waals surface area (Å²) in [5.41, 5.74) is 0. The number of ether oxygens (including phenoxy) is 2. The summed E-state index contributed by atoms with van der Waals surface area (Å²) < 4.78 is 10.8. The summed E-state index contributed by atoms with van der Waals surface area (Å²) in [7, 11) is 3.94. The van der Waals surface area contributed by atoms with Crippen LogP contribution in [0.1, 0.15) is 142 Å². The molecule has 0 bridgehead atoms. The molecule has 0 amide bonds. The Kier molecular flexibility index (Phi) is 28.3. The van der Waals surface area contributed by atoms with Gasteiger partial charge in [0.15, 0.2) is 0 Å². The fourth-order valence-electron chi connectivity index (χ4n) is 4.14. The summed E-state index contributed by atoms with van der Waals surface area (Å²) in [5.74, 6) is 1.57. The maximum absolute atomic E-state index is 12.0. The fraction of sp³-hybridized carbons (Fsp3) is 0.933. The molecule has 0 aliphatic heterocycles. The van der Waals surface area contributed by atoms with Crippen LogP contribution < -0.4 is 0 Å². The van der Waals surface area contributed by atoms with Gasteiger partial charge in [-0.15, -0.1) is 0 Å². The third kappa shape index (κ3) is 29.2. The summed E-state index contributed by atoms with van der Waals surface area (Å²) in [6.07, 6.45) is 23.9. The minimum Gasteiger partial charge on any atom is -0.0654 e. The van der Waals surface area contributed by atoms with E-state index in [9.17, 15) is 9.59 Å². The number of unbranched alkanes of at least 4 members (excludes halogenated alkanes) is 16. The molecule has 0 spiro atoms. The van der Waals surface area contributed by atoms with E-state index in [2.05, 4.69) is 23.7 Å². The molecule has 0 rings (SSSR count). The van der Waals surface area contributed by atoms with E-state index in [1.807, 2.05) is 17.9 Å². The van der Waals surface area contributed by atoms with Crippen LogP contribution in [0.3, 0.4) is 0 Å². The first kappa shape index (κ1) is 37.4. The molecule has 0 fully saturated rings. The minimum atomic E-state index is -2.33. The quantitative estimate of drug-likeness (QED) is 0.0470. The van der Waals surface area contributed by atoms with Crippen LogP contribution >= 0.6 is 17.9 Å². The van der Waals surface area contributed by atoms with Crippen molar-refractivity contribution in [2.45, 2.75) is 152 Å². The van der Waals surface area contributed by atoms with Crippen LogP contribution in [-0.2, 0) is 19.1 Å². The Morgan fingerprint density at radius 1 is 0.514 bits per heavy atom. The number of rotatable bonds is 28. The van der Waals surface area contributed by atoms with E-state index >= 15 is 0 Å². The zero-order valence-corrected chi connectivity index (χ0v) is 29.4. The van der Waals surface area contributed by atoms with E-state index in [4.69, 9.17) is 9.47 Å². The van der Waals surface area contributed by atoms with Gasteiger partial charge in [0.05, 0.1) is 0 Å². The molecule has 0 aromatic rings. The van der Waals surface area contributed by atoms with E-state index in [1.54, 1.807) is 0 Å². The van der Waals surface area contributed by atoms with Gasteiger partial charge in [-0.25, -0.2) is 0 Å². The molecule has 0 aromatic carbocycles. The smallest absolute Gasteiger partial charge is 0.0654 e. The average molecular weight is 668 g/mol. The van der Waals surface area contributed by atoms with E-state index in [0.717, 1.165) is 37.2 Å². The number of hydrogen-bond donors (Lipinski definition) is 0. The predicted molar refractivity (Wildman–Crippen MR) is 168 cm³/mol. The molecule has 0 unspecified atom stereocenters. The molecule has 0 radical (unpaired) electrons. The summed E-state index contributed by atoms with van der Waals surface area (Å²) in [6.45, 7) is 5.65. The van der Waals surface area contributed by atoms with Crippen LogP contribution in [0.5, 0.6) is 0 Å². The van der Waals surface area contributed by atoms with Crippen molar-refractivity contribution in [2.24, 2.45) is 0 Å². The molecule has 0 atom stereocenters. The predicted octanol–water partition coefficient (Wildman–Crippen LogP) is 10.1. The number of carbonyl (C=O) groups is 2. The molecule has 0 aliphatic carbocycles. The van der Waals surface area contributed by atoms with Gasteiger partial charge in [-0.1, -0.05) is 52.4 Å². The molecule has 220 valence electrons. The Balaban J connectivity index is 3.55. The van der Waals surface area contributed by atoms with Gasteiger partial charge < -0.3 is 0 Å². The second-order valence-electron chi connectivity index (χ2n) is 10.7. The number of esters is 2. The monoisotopic (exact) mass is 668 g/mol. The second-order valence-corrected chi connectivity index (χ2v) is 40.4. The van der Waals surface area contributed by atoms with Crippen molar-refractivity contribution >= 4 is 45.4 Å². The molecular weight excluding hydrogens is 607 g/mol. The molecule has 0 saturated heterocycles. The second kappa shape index (κ2) is 28.0. The van der Waals surface area contributed by atoms with Crippen molar-refractivity contribution in [2.75, 3.05) is 24.7 Å². The molecule has 4 nitrogen and oxygen atoms in total. The number of carbonyl (C=O) groups excluding carboxylic acids is 2. The molecule has 0 N–H and O–H groups in total. The topological polar surface area (TPSA) is 52.6 Å². The first-order valence-corrected chi connectivity index (χ1v) is 30.2. The standard InChI is InChI=1S/2C14H28O2S.2CH3.Sn/c2*1-2-3-4-5-6-7-8-9-10-12-16-14(15)11-13-17;;;/h2*17H,2-13H2,1H3;2*1H3;/q;;;;+2/p-2. The van der Waals surface area contributed by atoms with Gasteiger partial charge in [0.2, 0.25) is 0 Å². The molecular formula is C30H60O4S2Sn. The van der Waals surface area contributed by atoms with Gasteiger partial charge in [-0.05, 0) is 0 Å². The molecule has 0 saturated carbocycles. The van der Waals surface area contributed by atoms with Gasteiger partial charge in [-0.2, -0.15) is 0 Å². The van der Waals surface area contributed by atoms with Gasteiger partial charge >= 0.3 is 189 Å². The van der Waals surface area contributed by atoms with Crippen molar-refractivity contribution < 1.29 is 19.1 Å². The van der Waals surface area contributed by atoms with Crippen molar-refractivity contribution in [3.05, 3.63) is 0 Å². The van der Waals surface area contributed by atoms with Crippen molar-refractivity contribution in [1.29, 1.82) is 0 Å². The molecule has 0 aliphatic rings. The van der Waals surface area contributed by atoms with Crippen LogP contribution in [0.2, 0.25) is 9.88 Å². The van der Waals surface area contributed by atoms with E-state index < -0.39 is 15.6 Å². The van der Waals surface area contributed by atoms with Gasteiger partial charge in [0.1, 0.15) is 0 Å². The van der Waals surface area contributed by atoms with E-state index in [1.165, 1.54) is 89.9 Å². The van der Waals surface area contributed by atoms with Gasteiger partial charge in [0, 0.05) is 0 Å². The third-order valence-electron chi connectivity index (χ3n) is 6.53. The SMILES string of the molecule is CCCCCCCCCCCOC(=O)CC[S][Sn]([CH3])([CH3])[S]CCC(=O)OCCCCCCCCCCC. The van der Waals surface area contributed by atoms with Gasteiger partial charge in [0.25, 0.3) is 0 Å². The van der Waals surface area contributed by atoms with E-state index in [0.29, 0.717) is 26.1 Å². The molecule has 37 heavy (non-hydrogen) atoms. The van der Waals surface area contributed by atoms with Crippen molar-refractivity contribution in [3.63, 3.8) is 0 Å². The van der Waals surface area contributed by atoms with Crippen LogP contribution in [0.25, 0.3) is 0 Å². The normalized spacial score (nSPS) is 11.6. The maximum atomic E-state index is 12.0. The Bertz CT molecular complexity index is 488. The first-order chi connectivity index (χ1) is 17.9. The van der Waals surface area contributed by atoms with E-state index in [-0.39, 0.29) is 11.9 Å². The summed E-state index contributed by atoms with van der Waals surface area (Å²) in [4.78, 5) is 28.8. The first-order valence-electron chi connectivity index (χ1n) is 15.5. The summed E-state index contributed by atoms with van der Waals surface area (Å²) >= 11 is -2.33. The Morgan fingerprint density at radius 2 is 0.811 bits per heavy atom. The van der Waals surface area contributed by atoms with Gasteiger partial charge in [-0.3, -0.25) is 0 Å². The van der Waals surface area contributed by atoms with Crippen molar-refractivity contribution in [3.8, 4) is 0 Å². The molecule has 0 heterocycles. The Hall–Kier alpha value is 0.439. The summed E-state index contributed by atoms with van der Waals surface area (Å²) in [5, 5.41) is 0. The minimum absolute atomic E-state index is 0.0563. The Labute approximate surface area is 240 Å². The van der Waals surface area contributed by atoms with Crippen LogP contribution in [0.15, 0.2) is 0 Å². The third-order valence-corrected chi connectivity index (χ3v) is 28.9. The van der Waals surface area contributed by atoms with Crippen molar-refractivity contribution in [1.82, 2.24) is 0 Å². The Morgan fingerprint density at radius 3 is 1.14 bits per heavy atom. The number of hydrogen-bond acceptors (Lipinski definition) is 6. The zero-order chi connectivity index (χ0) is 27.5. The average Bonchev–Trinajstić information content (AvgIpc) is 2.86. The van der Waals surface area contributed by atoms with Crippen LogP contribution in [0, 0.1) is 0 Å². The molecule has 0 aromatic heterocycles. The van der Waals surface area contributed by atoms with Crippen LogP contribution in [0.4, 0.5) is 0 Å². The fourth-order valence-corrected chi connectivity index (χ4v) is 21.7. The zero-order valence-electron chi connectivity index (χ0n) is 24.9. The molecule has 7 heteroatoms. The summed E-state index contributed by atoms with van der Waals surface area (Å²) in [6, 6.07) is 0.